The Morgan fingerprint density at radius 1 is 1.00 bits per heavy atom. The van der Waals surface area contributed by atoms with E-state index in [4.69, 9.17) is 14.2 Å². The number of rotatable bonds is 7. The number of benzene rings is 2. The van der Waals surface area contributed by atoms with Crippen LogP contribution in [0.15, 0.2) is 53.3 Å². The first-order valence-electron chi connectivity index (χ1n) is 12.9. The Kier molecular flexibility index (Phi) is 7.56. The second kappa shape index (κ2) is 11.2. The van der Waals surface area contributed by atoms with E-state index >= 15 is 0 Å². The first kappa shape index (κ1) is 24.4. The number of nitrogens with zero attached hydrogens (tertiary/aromatic N) is 1. The molecule has 1 N–H and O–H groups in total. The van der Waals surface area contributed by atoms with E-state index in [9.17, 15) is 9.59 Å². The highest BCUT2D eigenvalue weighted by Crippen LogP contribution is 2.25. The van der Waals surface area contributed by atoms with Crippen molar-refractivity contribution in [1.29, 1.82) is 0 Å². The monoisotopic (exact) mass is 490 g/mol. The van der Waals surface area contributed by atoms with E-state index in [1.165, 1.54) is 0 Å². The molecular weight excluding hydrogens is 456 g/mol. The minimum atomic E-state index is 0.0283. The highest BCUT2D eigenvalue weighted by molar-refractivity contribution is 5.79. The van der Waals surface area contributed by atoms with Gasteiger partial charge in [-0.25, -0.2) is 0 Å². The van der Waals surface area contributed by atoms with Crippen LogP contribution in [0.25, 0.3) is 10.9 Å². The van der Waals surface area contributed by atoms with Crippen molar-refractivity contribution in [3.8, 4) is 11.5 Å². The molecule has 3 heterocycles. The summed E-state index contributed by atoms with van der Waals surface area (Å²) in [5.41, 5.74) is 2.28. The number of H-pyrrole nitrogens is 1. The van der Waals surface area contributed by atoms with E-state index in [1.807, 2.05) is 60.4 Å². The van der Waals surface area contributed by atoms with Crippen molar-refractivity contribution in [3.63, 3.8) is 0 Å². The first-order chi connectivity index (χ1) is 17.6. The summed E-state index contributed by atoms with van der Waals surface area (Å²) in [6.45, 7) is 5.72. The van der Waals surface area contributed by atoms with Crippen molar-refractivity contribution in [2.24, 2.45) is 11.8 Å². The molecule has 0 aliphatic carbocycles. The lowest BCUT2D eigenvalue weighted by molar-refractivity contribution is -0.140. The van der Waals surface area contributed by atoms with Crippen LogP contribution >= 0.6 is 0 Å². The summed E-state index contributed by atoms with van der Waals surface area (Å²) in [4.78, 5) is 30.8. The van der Waals surface area contributed by atoms with Gasteiger partial charge in [0, 0.05) is 54.8 Å². The number of amides is 1. The van der Waals surface area contributed by atoms with Gasteiger partial charge < -0.3 is 24.1 Å². The van der Waals surface area contributed by atoms with E-state index in [0.717, 1.165) is 55.7 Å². The van der Waals surface area contributed by atoms with E-state index in [2.05, 4.69) is 4.98 Å². The molecular formula is C29H34N2O5. The number of aromatic amines is 1. The summed E-state index contributed by atoms with van der Waals surface area (Å²) < 4.78 is 17.5. The van der Waals surface area contributed by atoms with Crippen LogP contribution in [0, 0.1) is 18.8 Å². The second-order valence-electron chi connectivity index (χ2n) is 9.83. The number of ether oxygens (including phenoxy) is 3. The third-order valence-electron chi connectivity index (χ3n) is 7.42. The van der Waals surface area contributed by atoms with Crippen LogP contribution in [0.4, 0.5) is 0 Å². The lowest BCUT2D eigenvalue weighted by Gasteiger charge is -2.35. The molecule has 0 saturated carbocycles. The molecule has 5 rings (SSSR count). The first-order valence-corrected chi connectivity index (χ1v) is 12.9. The number of fused-ring (bicyclic) bond motifs is 1. The Bertz CT molecular complexity index is 1260. The SMILES string of the molecule is Cc1c(COc2cccc(OCC3CCN(C(=O)C4CCOCC4)CC3)c2)[nH]c2ccccc2c1=O. The minimum absolute atomic E-state index is 0.0283. The average molecular weight is 491 g/mol. The number of para-hydroxylation sites is 1. The predicted octanol–water partition coefficient (Wildman–Crippen LogP) is 4.46. The molecule has 2 aliphatic heterocycles. The maximum atomic E-state index is 12.8. The summed E-state index contributed by atoms with van der Waals surface area (Å²) >= 11 is 0. The fraction of sp³-hybridized carbons (Fsp3) is 0.448. The molecule has 0 atom stereocenters. The Labute approximate surface area is 211 Å². The molecule has 0 radical (unpaired) electrons. The third kappa shape index (κ3) is 5.57. The van der Waals surface area contributed by atoms with Crippen LogP contribution < -0.4 is 14.9 Å². The van der Waals surface area contributed by atoms with Crippen LogP contribution in [0.5, 0.6) is 11.5 Å². The predicted molar refractivity (Wildman–Crippen MR) is 138 cm³/mol. The zero-order valence-electron chi connectivity index (χ0n) is 20.8. The van der Waals surface area contributed by atoms with E-state index < -0.39 is 0 Å². The lowest BCUT2D eigenvalue weighted by atomic mass is 9.94. The number of likely N-dealkylation sites (tertiary alicyclic amines) is 1. The largest absolute Gasteiger partial charge is 0.493 e. The van der Waals surface area contributed by atoms with Crippen LogP contribution in [-0.2, 0) is 16.1 Å². The normalized spacial score (nSPS) is 17.3. The lowest BCUT2D eigenvalue weighted by Crippen LogP contribution is -2.43. The molecule has 3 aromatic rings. The fourth-order valence-electron chi connectivity index (χ4n) is 5.08. The maximum absolute atomic E-state index is 12.8. The number of hydrogen-bond donors (Lipinski definition) is 1. The van der Waals surface area contributed by atoms with Crippen molar-refractivity contribution in [2.75, 3.05) is 32.9 Å². The van der Waals surface area contributed by atoms with Gasteiger partial charge in [0.1, 0.15) is 18.1 Å². The summed E-state index contributed by atoms with van der Waals surface area (Å²) in [5.74, 6) is 2.31. The average Bonchev–Trinajstić information content (AvgIpc) is 2.94. The summed E-state index contributed by atoms with van der Waals surface area (Å²) in [6.07, 6.45) is 3.60. The van der Waals surface area contributed by atoms with Gasteiger partial charge in [-0.15, -0.1) is 0 Å². The van der Waals surface area contributed by atoms with Gasteiger partial charge in [0.15, 0.2) is 5.43 Å². The Balaban J connectivity index is 1.12. The van der Waals surface area contributed by atoms with Crippen molar-refractivity contribution >= 4 is 16.8 Å². The number of carbonyl (C=O) groups is 1. The highest BCUT2D eigenvalue weighted by Gasteiger charge is 2.29. The number of nitrogens with one attached hydrogen (secondary N) is 1. The Morgan fingerprint density at radius 2 is 1.72 bits per heavy atom. The highest BCUT2D eigenvalue weighted by atomic mass is 16.5. The standard InChI is InChI=1S/C29H34N2O5/c1-20-27(30-26-8-3-2-7-25(26)28(20)32)19-36-24-6-4-5-23(17-24)35-18-21-9-13-31(14-10-21)29(33)22-11-15-34-16-12-22/h2-8,17,21-22H,9-16,18-19H2,1H3,(H,30,32). The van der Waals surface area contributed by atoms with Crippen LogP contribution in [-0.4, -0.2) is 48.7 Å². The molecule has 1 amide bonds. The Hall–Kier alpha value is -3.32. The number of pyridine rings is 1. The molecule has 0 unspecified atom stereocenters. The van der Waals surface area contributed by atoms with Crippen molar-refractivity contribution < 1.29 is 19.0 Å². The molecule has 0 spiro atoms. The smallest absolute Gasteiger partial charge is 0.225 e. The molecule has 7 nitrogen and oxygen atoms in total. The topological polar surface area (TPSA) is 80.9 Å². The zero-order chi connectivity index (χ0) is 24.9. The molecule has 36 heavy (non-hydrogen) atoms. The zero-order valence-corrected chi connectivity index (χ0v) is 20.8. The molecule has 1 aromatic heterocycles. The second-order valence-corrected chi connectivity index (χ2v) is 9.83. The van der Waals surface area contributed by atoms with Crippen LogP contribution in [0.2, 0.25) is 0 Å². The minimum Gasteiger partial charge on any atom is -0.493 e. The summed E-state index contributed by atoms with van der Waals surface area (Å²) in [5, 5.41) is 0.688. The van der Waals surface area contributed by atoms with Crippen molar-refractivity contribution in [1.82, 2.24) is 9.88 Å². The van der Waals surface area contributed by atoms with E-state index in [0.29, 0.717) is 48.3 Å². The number of hydrogen-bond acceptors (Lipinski definition) is 5. The van der Waals surface area contributed by atoms with Gasteiger partial charge >= 0.3 is 0 Å². The molecule has 0 bridgehead atoms. The Morgan fingerprint density at radius 3 is 2.50 bits per heavy atom. The van der Waals surface area contributed by atoms with Gasteiger partial charge in [-0.1, -0.05) is 18.2 Å². The number of aromatic nitrogens is 1. The molecule has 2 fully saturated rings. The summed E-state index contributed by atoms with van der Waals surface area (Å²) in [7, 11) is 0. The van der Waals surface area contributed by atoms with Gasteiger partial charge in [0.25, 0.3) is 0 Å². The van der Waals surface area contributed by atoms with Gasteiger partial charge in [-0.3, -0.25) is 9.59 Å². The quantitative estimate of drug-likeness (QED) is 0.529. The van der Waals surface area contributed by atoms with Gasteiger partial charge in [0.2, 0.25) is 5.91 Å². The van der Waals surface area contributed by atoms with Crippen molar-refractivity contribution in [2.45, 2.75) is 39.2 Å². The van der Waals surface area contributed by atoms with Crippen LogP contribution in [0.3, 0.4) is 0 Å². The third-order valence-corrected chi connectivity index (χ3v) is 7.42. The molecule has 7 heteroatoms. The van der Waals surface area contributed by atoms with Crippen LogP contribution in [0.1, 0.15) is 36.9 Å². The van der Waals surface area contributed by atoms with E-state index in [1.54, 1.807) is 0 Å². The maximum Gasteiger partial charge on any atom is 0.225 e. The molecule has 2 aromatic carbocycles. The van der Waals surface area contributed by atoms with E-state index in [-0.39, 0.29) is 18.0 Å². The summed E-state index contributed by atoms with van der Waals surface area (Å²) in [6, 6.07) is 15.1. The van der Waals surface area contributed by atoms with Gasteiger partial charge in [-0.2, -0.15) is 0 Å². The molecule has 2 aliphatic rings. The number of carbonyl (C=O) groups excluding carboxylic acids is 1. The number of piperidine rings is 1. The van der Waals surface area contributed by atoms with Gasteiger partial charge in [0.05, 0.1) is 12.3 Å². The molecule has 2 saturated heterocycles. The van der Waals surface area contributed by atoms with Crippen molar-refractivity contribution in [3.05, 3.63) is 70.0 Å². The fourth-order valence-corrected chi connectivity index (χ4v) is 5.08. The van der Waals surface area contributed by atoms with Gasteiger partial charge in [-0.05, 0) is 62.8 Å². The molecule has 190 valence electrons.